The number of fused-ring (bicyclic) bond motifs is 1. The van der Waals surface area contributed by atoms with Crippen LogP contribution in [0.3, 0.4) is 0 Å². The molecule has 2 heterocycles. The average Bonchev–Trinajstić information content (AvgIpc) is 3.01. The molecule has 3 rings (SSSR count). The van der Waals surface area contributed by atoms with Crippen molar-refractivity contribution in [3.63, 3.8) is 0 Å². The third-order valence-electron chi connectivity index (χ3n) is 3.57. The van der Waals surface area contributed by atoms with E-state index in [0.29, 0.717) is 5.69 Å². The first-order valence-corrected chi connectivity index (χ1v) is 7.26. The van der Waals surface area contributed by atoms with Gasteiger partial charge in [0, 0.05) is 11.6 Å². The number of alkyl halides is 2. The van der Waals surface area contributed by atoms with Crippen molar-refractivity contribution in [1.29, 1.82) is 0 Å². The Kier molecular flexibility index (Phi) is 4.18. The Hall–Kier alpha value is -2.57. The molecule has 1 atom stereocenters. The smallest absolute Gasteiger partial charge is 0.387 e. The van der Waals surface area contributed by atoms with Gasteiger partial charge in [0.2, 0.25) is 0 Å². The minimum atomic E-state index is -2.92. The van der Waals surface area contributed by atoms with Gasteiger partial charge in [0.05, 0.1) is 11.7 Å². The molecule has 0 aliphatic rings. The molecule has 0 N–H and O–H groups in total. The molecule has 7 heteroatoms. The van der Waals surface area contributed by atoms with Crippen molar-refractivity contribution in [3.8, 4) is 5.75 Å². The number of rotatable bonds is 5. The van der Waals surface area contributed by atoms with Crippen LogP contribution in [0.5, 0.6) is 5.75 Å². The van der Waals surface area contributed by atoms with E-state index < -0.39 is 6.61 Å². The quantitative estimate of drug-likeness (QED) is 0.720. The van der Waals surface area contributed by atoms with Crippen LogP contribution in [-0.4, -0.2) is 26.6 Å². The fraction of sp³-hybridized carbons (Fsp3) is 0.312. The summed E-state index contributed by atoms with van der Waals surface area (Å²) in [7, 11) is 0. The molecule has 0 saturated carbocycles. The van der Waals surface area contributed by atoms with E-state index in [0.717, 1.165) is 10.9 Å². The molecule has 0 spiro atoms. The molecular formula is C16H16F2N4O. The third kappa shape index (κ3) is 3.13. The SMILES string of the molecule is CC(C)C(c1nc2ccccc2cc1OC(F)F)n1ccnn1. The number of aromatic nitrogens is 4. The van der Waals surface area contributed by atoms with Crippen LogP contribution in [0.15, 0.2) is 42.7 Å². The second kappa shape index (κ2) is 6.28. The average molecular weight is 318 g/mol. The standard InChI is InChI=1S/C16H16F2N4O/c1-10(2)15(22-8-7-19-21-22)14-13(23-16(17)18)9-11-5-3-4-6-12(11)20-14/h3-10,15-16H,1-2H3. The van der Waals surface area contributed by atoms with Gasteiger partial charge in [-0.3, -0.25) is 0 Å². The summed E-state index contributed by atoms with van der Waals surface area (Å²) in [6, 6.07) is 8.57. The first-order valence-electron chi connectivity index (χ1n) is 7.26. The van der Waals surface area contributed by atoms with Crippen molar-refractivity contribution in [2.45, 2.75) is 26.5 Å². The van der Waals surface area contributed by atoms with Gasteiger partial charge in [-0.05, 0) is 18.1 Å². The van der Waals surface area contributed by atoms with Gasteiger partial charge in [-0.2, -0.15) is 8.78 Å². The second-order valence-corrected chi connectivity index (χ2v) is 5.51. The lowest BCUT2D eigenvalue weighted by Crippen LogP contribution is -2.20. The molecule has 0 aliphatic carbocycles. The molecule has 0 radical (unpaired) electrons. The molecule has 0 saturated heterocycles. The van der Waals surface area contributed by atoms with Crippen LogP contribution >= 0.6 is 0 Å². The monoisotopic (exact) mass is 318 g/mol. The molecule has 5 nitrogen and oxygen atoms in total. The molecule has 0 amide bonds. The summed E-state index contributed by atoms with van der Waals surface area (Å²) in [6.45, 7) is 1.02. The fourth-order valence-corrected chi connectivity index (χ4v) is 2.63. The largest absolute Gasteiger partial charge is 0.433 e. The number of hydrogen-bond donors (Lipinski definition) is 0. The Morgan fingerprint density at radius 1 is 1.17 bits per heavy atom. The van der Waals surface area contributed by atoms with Crippen molar-refractivity contribution in [3.05, 3.63) is 48.4 Å². The lowest BCUT2D eigenvalue weighted by atomic mass is 9.99. The summed E-state index contributed by atoms with van der Waals surface area (Å²) in [5.41, 5.74) is 1.14. The van der Waals surface area contributed by atoms with Crippen molar-refractivity contribution >= 4 is 10.9 Å². The van der Waals surface area contributed by atoms with Gasteiger partial charge < -0.3 is 4.74 Å². The highest BCUT2D eigenvalue weighted by molar-refractivity contribution is 5.80. The van der Waals surface area contributed by atoms with Crippen LogP contribution in [0, 0.1) is 5.92 Å². The molecular weight excluding hydrogens is 302 g/mol. The van der Waals surface area contributed by atoms with Gasteiger partial charge in [-0.15, -0.1) is 5.10 Å². The van der Waals surface area contributed by atoms with Crippen LogP contribution in [-0.2, 0) is 0 Å². The van der Waals surface area contributed by atoms with Gasteiger partial charge in [0.25, 0.3) is 0 Å². The highest BCUT2D eigenvalue weighted by atomic mass is 19.3. The van der Waals surface area contributed by atoms with Crippen LogP contribution in [0.4, 0.5) is 8.78 Å². The zero-order valence-corrected chi connectivity index (χ0v) is 12.7. The number of ether oxygens (including phenoxy) is 1. The molecule has 1 aromatic carbocycles. The number of nitrogens with zero attached hydrogens (tertiary/aromatic N) is 4. The molecule has 3 aromatic rings. The van der Waals surface area contributed by atoms with Crippen molar-refractivity contribution in [2.24, 2.45) is 5.92 Å². The number of pyridine rings is 1. The van der Waals surface area contributed by atoms with Crippen LogP contribution in [0.2, 0.25) is 0 Å². The molecule has 2 aromatic heterocycles. The summed E-state index contributed by atoms with van der Waals surface area (Å²) in [6.07, 6.45) is 3.23. The normalized spacial score (nSPS) is 13.0. The summed E-state index contributed by atoms with van der Waals surface area (Å²) in [5.74, 6) is 0.123. The summed E-state index contributed by atoms with van der Waals surface area (Å²) in [4.78, 5) is 4.56. The Morgan fingerprint density at radius 3 is 2.61 bits per heavy atom. The van der Waals surface area contributed by atoms with Gasteiger partial charge in [0.1, 0.15) is 17.5 Å². The van der Waals surface area contributed by atoms with Crippen LogP contribution < -0.4 is 4.74 Å². The fourth-order valence-electron chi connectivity index (χ4n) is 2.63. The Balaban J connectivity index is 2.19. The molecule has 23 heavy (non-hydrogen) atoms. The number of hydrogen-bond acceptors (Lipinski definition) is 4. The Labute approximate surface area is 131 Å². The number of para-hydroxylation sites is 1. The predicted octanol–water partition coefficient (Wildman–Crippen LogP) is 3.67. The maximum atomic E-state index is 12.8. The third-order valence-corrected chi connectivity index (χ3v) is 3.57. The summed E-state index contributed by atoms with van der Waals surface area (Å²) >= 11 is 0. The van der Waals surface area contributed by atoms with Gasteiger partial charge in [-0.1, -0.05) is 37.3 Å². The van der Waals surface area contributed by atoms with E-state index >= 15 is 0 Å². The molecule has 120 valence electrons. The van der Waals surface area contributed by atoms with E-state index in [1.54, 1.807) is 23.1 Å². The number of benzene rings is 1. The van der Waals surface area contributed by atoms with Crippen molar-refractivity contribution < 1.29 is 13.5 Å². The summed E-state index contributed by atoms with van der Waals surface area (Å²) in [5, 5.41) is 8.54. The second-order valence-electron chi connectivity index (χ2n) is 5.51. The topological polar surface area (TPSA) is 52.8 Å². The van der Waals surface area contributed by atoms with Crippen LogP contribution in [0.25, 0.3) is 10.9 Å². The Bertz CT molecular complexity index is 790. The predicted molar refractivity (Wildman–Crippen MR) is 81.4 cm³/mol. The van der Waals surface area contributed by atoms with E-state index in [1.807, 2.05) is 38.1 Å². The first-order chi connectivity index (χ1) is 11.1. The Morgan fingerprint density at radius 2 is 1.96 bits per heavy atom. The molecule has 0 aliphatic heterocycles. The van der Waals surface area contributed by atoms with Gasteiger partial charge in [0.15, 0.2) is 0 Å². The maximum Gasteiger partial charge on any atom is 0.387 e. The van der Waals surface area contributed by atoms with Crippen molar-refractivity contribution in [1.82, 2.24) is 20.0 Å². The maximum absolute atomic E-state index is 12.8. The van der Waals surface area contributed by atoms with Gasteiger partial charge in [-0.25, -0.2) is 9.67 Å². The van der Waals surface area contributed by atoms with Crippen molar-refractivity contribution in [2.75, 3.05) is 0 Å². The first kappa shape index (κ1) is 15.3. The highest BCUT2D eigenvalue weighted by Gasteiger charge is 2.26. The van der Waals surface area contributed by atoms with E-state index in [-0.39, 0.29) is 17.7 Å². The highest BCUT2D eigenvalue weighted by Crippen LogP contribution is 2.34. The van der Waals surface area contributed by atoms with Crippen LogP contribution in [0.1, 0.15) is 25.6 Å². The minimum Gasteiger partial charge on any atom is -0.433 e. The zero-order chi connectivity index (χ0) is 16.4. The molecule has 1 unspecified atom stereocenters. The van der Waals surface area contributed by atoms with Gasteiger partial charge >= 0.3 is 6.61 Å². The van der Waals surface area contributed by atoms with E-state index in [4.69, 9.17) is 4.74 Å². The van der Waals surface area contributed by atoms with E-state index in [9.17, 15) is 8.78 Å². The number of halogens is 2. The lowest BCUT2D eigenvalue weighted by molar-refractivity contribution is -0.0511. The van der Waals surface area contributed by atoms with E-state index in [2.05, 4.69) is 15.3 Å². The molecule has 0 bridgehead atoms. The molecule has 0 fully saturated rings. The lowest BCUT2D eigenvalue weighted by Gasteiger charge is -2.23. The zero-order valence-electron chi connectivity index (χ0n) is 12.7. The van der Waals surface area contributed by atoms with E-state index in [1.165, 1.54) is 0 Å². The minimum absolute atomic E-state index is 0.0605. The summed E-state index contributed by atoms with van der Waals surface area (Å²) < 4.78 is 32.0.